The van der Waals surface area contributed by atoms with Crippen molar-refractivity contribution in [2.24, 2.45) is 5.41 Å². The van der Waals surface area contributed by atoms with Crippen LogP contribution < -0.4 is 5.32 Å². The normalized spacial score (nSPS) is 34.2. The summed E-state index contributed by atoms with van der Waals surface area (Å²) in [7, 11) is 1.75. The van der Waals surface area contributed by atoms with Gasteiger partial charge in [0.2, 0.25) is 5.91 Å². The zero-order valence-electron chi connectivity index (χ0n) is 14.5. The van der Waals surface area contributed by atoms with E-state index < -0.39 is 5.54 Å². The lowest BCUT2D eigenvalue weighted by atomic mass is 9.59. The monoisotopic (exact) mass is 403 g/mol. The Balaban J connectivity index is 1.89. The van der Waals surface area contributed by atoms with Crippen molar-refractivity contribution in [2.45, 2.75) is 50.7 Å². The fraction of sp³-hybridized carbons (Fsp3) is 0.500. The number of nitrogens with one attached hydrogen (secondary N) is 1. The van der Waals surface area contributed by atoms with Gasteiger partial charge in [0.05, 0.1) is 6.10 Å². The number of fused-ring (bicyclic) bond motifs is 3. The van der Waals surface area contributed by atoms with Gasteiger partial charge in [0.15, 0.2) is 5.78 Å². The van der Waals surface area contributed by atoms with Crippen LogP contribution in [0.1, 0.15) is 43.7 Å². The van der Waals surface area contributed by atoms with Gasteiger partial charge >= 0.3 is 0 Å². The second kappa shape index (κ2) is 5.78. The van der Waals surface area contributed by atoms with Crippen LogP contribution in [0.3, 0.4) is 0 Å². The highest BCUT2D eigenvalue weighted by Gasteiger charge is 2.63. The molecular formula is C20H22BrNO3. The maximum Gasteiger partial charge on any atom is 0.248 e. The van der Waals surface area contributed by atoms with E-state index in [9.17, 15) is 9.59 Å². The zero-order valence-corrected chi connectivity index (χ0v) is 16.1. The molecule has 1 aliphatic heterocycles. The summed E-state index contributed by atoms with van der Waals surface area (Å²) < 4.78 is 6.47. The number of ketones is 1. The molecular weight excluding hydrogens is 382 g/mol. The number of ether oxygens (including phenoxy) is 1. The third-order valence-electron chi connectivity index (χ3n) is 6.40. The molecule has 1 atom stereocenters. The lowest BCUT2D eigenvalue weighted by molar-refractivity contribution is -0.138. The van der Waals surface area contributed by atoms with Gasteiger partial charge in [0.25, 0.3) is 0 Å². The lowest BCUT2D eigenvalue weighted by Crippen LogP contribution is -2.63. The van der Waals surface area contributed by atoms with Gasteiger partial charge in [-0.15, -0.1) is 0 Å². The molecule has 132 valence electrons. The minimum Gasteiger partial charge on any atom is -0.381 e. The molecule has 0 bridgehead atoms. The van der Waals surface area contributed by atoms with E-state index >= 15 is 0 Å². The van der Waals surface area contributed by atoms with E-state index in [2.05, 4.69) is 27.3 Å². The van der Waals surface area contributed by atoms with Crippen LogP contribution in [0.2, 0.25) is 0 Å². The summed E-state index contributed by atoms with van der Waals surface area (Å²) in [6.45, 7) is 1.70. The zero-order chi connectivity index (χ0) is 17.8. The Kier molecular flexibility index (Phi) is 3.92. The molecule has 1 aromatic rings. The molecule has 5 heteroatoms. The third-order valence-corrected chi connectivity index (χ3v) is 6.89. The van der Waals surface area contributed by atoms with Crippen molar-refractivity contribution in [2.75, 3.05) is 7.11 Å². The minimum atomic E-state index is -0.943. The molecule has 0 saturated heterocycles. The number of carbonyl (C=O) groups excluding carboxylic acids is 2. The van der Waals surface area contributed by atoms with Crippen molar-refractivity contribution >= 4 is 27.6 Å². The lowest BCUT2D eigenvalue weighted by Gasteiger charge is -2.50. The molecule has 2 spiro atoms. The molecule has 0 radical (unpaired) electrons. The first-order chi connectivity index (χ1) is 11.9. The van der Waals surface area contributed by atoms with Gasteiger partial charge in [0, 0.05) is 22.6 Å². The Morgan fingerprint density at radius 1 is 1.24 bits per heavy atom. The molecule has 1 heterocycles. The van der Waals surface area contributed by atoms with Crippen molar-refractivity contribution in [1.82, 2.24) is 5.32 Å². The van der Waals surface area contributed by atoms with Crippen molar-refractivity contribution < 1.29 is 14.3 Å². The van der Waals surface area contributed by atoms with Crippen LogP contribution >= 0.6 is 15.9 Å². The van der Waals surface area contributed by atoms with Crippen molar-refractivity contribution in [1.29, 1.82) is 0 Å². The largest absolute Gasteiger partial charge is 0.381 e. The minimum absolute atomic E-state index is 0.0114. The number of rotatable bonds is 1. The molecule has 0 aromatic heterocycles. The third kappa shape index (κ3) is 2.28. The van der Waals surface area contributed by atoms with Gasteiger partial charge in [-0.3, -0.25) is 9.59 Å². The van der Waals surface area contributed by atoms with Crippen LogP contribution in [0.15, 0.2) is 34.3 Å². The molecule has 1 amide bonds. The first-order valence-corrected chi connectivity index (χ1v) is 9.58. The quantitative estimate of drug-likeness (QED) is 0.781. The Bertz CT molecular complexity index is 792. The average molecular weight is 404 g/mol. The van der Waals surface area contributed by atoms with Crippen LogP contribution in [0, 0.1) is 5.41 Å². The van der Waals surface area contributed by atoms with Crippen LogP contribution in [0.5, 0.6) is 0 Å². The number of hydrogen-bond acceptors (Lipinski definition) is 3. The van der Waals surface area contributed by atoms with Gasteiger partial charge in [0.1, 0.15) is 5.54 Å². The fourth-order valence-corrected chi connectivity index (χ4v) is 5.42. The van der Waals surface area contributed by atoms with Gasteiger partial charge in [-0.05, 0) is 68.4 Å². The van der Waals surface area contributed by atoms with Gasteiger partial charge in [-0.25, -0.2) is 0 Å². The molecule has 2 aliphatic carbocycles. The fourth-order valence-electron chi connectivity index (χ4n) is 5.06. The maximum atomic E-state index is 13.3. The number of methoxy groups -OCH3 is 1. The SMILES string of the molecule is COC1CCC2(CC1)Cc1ccc(Br)cc1C21NC(=O)C(C)=CC1=O. The molecule has 3 aliphatic rings. The van der Waals surface area contributed by atoms with Crippen LogP contribution in [0.25, 0.3) is 0 Å². The van der Waals surface area contributed by atoms with Crippen LogP contribution in [-0.4, -0.2) is 24.9 Å². The Morgan fingerprint density at radius 2 is 1.96 bits per heavy atom. The van der Waals surface area contributed by atoms with Crippen molar-refractivity contribution in [3.8, 4) is 0 Å². The van der Waals surface area contributed by atoms with Crippen LogP contribution in [-0.2, 0) is 26.3 Å². The van der Waals surface area contributed by atoms with Crippen molar-refractivity contribution in [3.63, 3.8) is 0 Å². The molecule has 4 rings (SSSR count). The number of carbonyl (C=O) groups is 2. The predicted molar refractivity (Wildman–Crippen MR) is 98.1 cm³/mol. The topological polar surface area (TPSA) is 55.4 Å². The molecule has 1 aromatic carbocycles. The summed E-state index contributed by atoms with van der Waals surface area (Å²) in [5.41, 5.74) is 1.40. The number of hydrogen-bond donors (Lipinski definition) is 1. The standard InChI is InChI=1S/C20H22BrNO3/c1-12-9-17(23)20(22-18(12)24)16-10-14(21)4-3-13(16)11-19(20)7-5-15(25-2)6-8-19/h3-4,9-10,15H,5-8,11H2,1-2H3,(H,22,24). The molecule has 1 unspecified atom stereocenters. The number of halogens is 1. The summed E-state index contributed by atoms with van der Waals surface area (Å²) in [6, 6.07) is 6.12. The molecule has 1 saturated carbocycles. The van der Waals surface area contributed by atoms with E-state index in [0.29, 0.717) is 5.57 Å². The van der Waals surface area contributed by atoms with Gasteiger partial charge in [-0.1, -0.05) is 22.0 Å². The molecule has 4 nitrogen and oxygen atoms in total. The second-order valence-corrected chi connectivity index (χ2v) is 8.51. The summed E-state index contributed by atoms with van der Waals surface area (Å²) in [5.74, 6) is -0.127. The van der Waals surface area contributed by atoms with Gasteiger partial charge < -0.3 is 10.1 Å². The second-order valence-electron chi connectivity index (χ2n) is 7.59. The van der Waals surface area contributed by atoms with E-state index in [4.69, 9.17) is 4.74 Å². The van der Waals surface area contributed by atoms with Crippen molar-refractivity contribution in [3.05, 3.63) is 45.4 Å². The Labute approximate surface area is 156 Å². The summed E-state index contributed by atoms with van der Waals surface area (Å²) in [5, 5.41) is 3.15. The number of benzene rings is 1. The first kappa shape index (κ1) is 17.0. The highest BCUT2D eigenvalue weighted by molar-refractivity contribution is 9.10. The van der Waals surface area contributed by atoms with E-state index in [1.807, 2.05) is 12.1 Å². The highest BCUT2D eigenvalue weighted by Crippen LogP contribution is 2.59. The van der Waals surface area contributed by atoms with E-state index in [0.717, 1.165) is 42.1 Å². The summed E-state index contributed by atoms with van der Waals surface area (Å²) >= 11 is 3.54. The number of amides is 1. The van der Waals surface area contributed by atoms with Crippen LogP contribution in [0.4, 0.5) is 0 Å². The highest BCUT2D eigenvalue weighted by atomic mass is 79.9. The Hall–Kier alpha value is -1.46. The average Bonchev–Trinajstić information content (AvgIpc) is 2.84. The molecule has 1 N–H and O–H groups in total. The molecule has 1 fully saturated rings. The smallest absolute Gasteiger partial charge is 0.248 e. The van der Waals surface area contributed by atoms with E-state index in [1.54, 1.807) is 20.1 Å². The molecule has 25 heavy (non-hydrogen) atoms. The van der Waals surface area contributed by atoms with E-state index in [-0.39, 0.29) is 23.2 Å². The first-order valence-electron chi connectivity index (χ1n) is 8.79. The summed E-state index contributed by atoms with van der Waals surface area (Å²) in [4.78, 5) is 25.9. The Morgan fingerprint density at radius 3 is 2.64 bits per heavy atom. The predicted octanol–water partition coefficient (Wildman–Crippen LogP) is 3.42. The van der Waals surface area contributed by atoms with E-state index in [1.165, 1.54) is 5.56 Å². The maximum absolute atomic E-state index is 13.3. The van der Waals surface area contributed by atoms with Gasteiger partial charge in [-0.2, -0.15) is 0 Å². The summed E-state index contributed by atoms with van der Waals surface area (Å²) in [6.07, 6.45) is 6.18.